The molecule has 4 rings (SSSR count). The van der Waals surface area contributed by atoms with E-state index in [9.17, 15) is 9.59 Å². The van der Waals surface area contributed by atoms with Crippen molar-refractivity contribution >= 4 is 58.2 Å². The molecule has 0 aliphatic carbocycles. The Balaban J connectivity index is 1.58. The Morgan fingerprint density at radius 2 is 1.68 bits per heavy atom. The van der Waals surface area contributed by atoms with Gasteiger partial charge < -0.3 is 16.0 Å². The van der Waals surface area contributed by atoms with Crippen LogP contribution in [0.1, 0.15) is 20.8 Å². The lowest BCUT2D eigenvalue weighted by Gasteiger charge is -2.26. The molecule has 0 bridgehead atoms. The van der Waals surface area contributed by atoms with Crippen molar-refractivity contribution in [1.82, 2.24) is 14.7 Å². The number of para-hydroxylation sites is 1. The Morgan fingerprint density at radius 3 is 2.29 bits per heavy atom. The molecule has 0 spiro atoms. The van der Waals surface area contributed by atoms with Gasteiger partial charge in [0.2, 0.25) is 0 Å². The van der Waals surface area contributed by atoms with Gasteiger partial charge in [-0.05, 0) is 36.4 Å². The van der Waals surface area contributed by atoms with E-state index in [-0.39, 0.29) is 11.6 Å². The molecule has 1 aromatic heterocycles. The maximum atomic E-state index is 12.6. The van der Waals surface area contributed by atoms with Gasteiger partial charge in [-0.15, -0.1) is 0 Å². The van der Waals surface area contributed by atoms with Crippen molar-refractivity contribution in [2.24, 2.45) is 5.73 Å². The molecule has 10 heteroatoms. The summed E-state index contributed by atoms with van der Waals surface area (Å²) in [4.78, 5) is 26.4. The number of amides is 2. The van der Waals surface area contributed by atoms with Crippen LogP contribution in [0.3, 0.4) is 0 Å². The lowest BCUT2D eigenvalue weighted by Crippen LogP contribution is -2.37. The Hall–Kier alpha value is -2.68. The number of carbonyl (C=O) groups excluding carboxylic acids is 2. The van der Waals surface area contributed by atoms with Crippen molar-refractivity contribution in [3.63, 3.8) is 0 Å². The van der Waals surface area contributed by atoms with E-state index < -0.39 is 5.91 Å². The number of primary amides is 1. The monoisotopic (exact) mass is 475 g/mol. The van der Waals surface area contributed by atoms with E-state index in [1.165, 1.54) is 4.68 Å². The Bertz CT molecular complexity index is 1110. The van der Waals surface area contributed by atoms with E-state index >= 15 is 0 Å². The molecule has 1 saturated heterocycles. The summed E-state index contributed by atoms with van der Waals surface area (Å²) < 4.78 is 1.42. The fourth-order valence-corrected chi connectivity index (χ4v) is 4.74. The summed E-state index contributed by atoms with van der Waals surface area (Å²) in [6.45, 7) is 1.52. The summed E-state index contributed by atoms with van der Waals surface area (Å²) >= 11 is 14.4. The van der Waals surface area contributed by atoms with Gasteiger partial charge in [0.1, 0.15) is 5.69 Å². The summed E-state index contributed by atoms with van der Waals surface area (Å²) in [7, 11) is 0. The fourth-order valence-electron chi connectivity index (χ4n) is 3.27. The molecule has 3 N–H and O–H groups in total. The third-order valence-corrected chi connectivity index (χ3v) is 6.38. The molecule has 0 saturated carbocycles. The molecule has 31 heavy (non-hydrogen) atoms. The van der Waals surface area contributed by atoms with Crippen LogP contribution in [0.15, 0.2) is 48.7 Å². The Morgan fingerprint density at radius 1 is 1.03 bits per heavy atom. The smallest absolute Gasteiger partial charge is 0.271 e. The maximum Gasteiger partial charge on any atom is 0.271 e. The minimum Gasteiger partial charge on any atom is -0.364 e. The number of hydrogen-bond acceptors (Lipinski definition) is 5. The van der Waals surface area contributed by atoms with Gasteiger partial charge >= 0.3 is 0 Å². The van der Waals surface area contributed by atoms with Gasteiger partial charge in [0.25, 0.3) is 11.8 Å². The lowest BCUT2D eigenvalue weighted by molar-refractivity contribution is 0.0772. The number of rotatable bonds is 5. The molecule has 1 aliphatic heterocycles. The first-order valence-corrected chi connectivity index (χ1v) is 11.4. The number of hydrogen-bond donors (Lipinski definition) is 2. The predicted molar refractivity (Wildman–Crippen MR) is 125 cm³/mol. The summed E-state index contributed by atoms with van der Waals surface area (Å²) in [5, 5.41) is 8.15. The average molecular weight is 476 g/mol. The van der Waals surface area contributed by atoms with Gasteiger partial charge in [0, 0.05) is 35.8 Å². The van der Waals surface area contributed by atoms with Crippen molar-refractivity contribution in [3.05, 3.63) is 70.0 Å². The molecule has 1 aliphatic rings. The minimum atomic E-state index is -0.695. The summed E-state index contributed by atoms with van der Waals surface area (Å²) in [5.74, 6) is 1.24. The van der Waals surface area contributed by atoms with Crippen LogP contribution in [0.2, 0.25) is 10.0 Å². The Labute approximate surface area is 193 Å². The second-order valence-electron chi connectivity index (χ2n) is 6.88. The lowest BCUT2D eigenvalue weighted by atomic mass is 10.1. The molecule has 2 heterocycles. The molecule has 3 aromatic rings. The van der Waals surface area contributed by atoms with Gasteiger partial charge in [-0.1, -0.05) is 29.3 Å². The average Bonchev–Trinajstić information content (AvgIpc) is 3.18. The zero-order valence-corrected chi connectivity index (χ0v) is 18.7. The van der Waals surface area contributed by atoms with Gasteiger partial charge in [-0.25, -0.2) is 4.68 Å². The van der Waals surface area contributed by atoms with Gasteiger partial charge in [-0.2, -0.15) is 16.9 Å². The summed E-state index contributed by atoms with van der Waals surface area (Å²) in [6.07, 6.45) is 1.59. The summed E-state index contributed by atoms with van der Waals surface area (Å²) in [5.41, 5.74) is 7.69. The number of nitrogens with zero attached hydrogens (tertiary/aromatic N) is 3. The maximum absolute atomic E-state index is 12.6. The first-order chi connectivity index (χ1) is 14.9. The molecule has 0 radical (unpaired) electrons. The molecule has 0 atom stereocenters. The van der Waals surface area contributed by atoms with E-state index in [2.05, 4.69) is 10.4 Å². The highest BCUT2D eigenvalue weighted by molar-refractivity contribution is 7.99. The van der Waals surface area contributed by atoms with Crippen LogP contribution in [-0.2, 0) is 0 Å². The minimum absolute atomic E-state index is 0.0193. The largest absolute Gasteiger partial charge is 0.364 e. The second-order valence-corrected chi connectivity index (χ2v) is 8.92. The van der Waals surface area contributed by atoms with Crippen molar-refractivity contribution < 1.29 is 9.59 Å². The fraction of sp³-hybridized carbons (Fsp3) is 0.190. The first-order valence-electron chi connectivity index (χ1n) is 9.52. The third-order valence-electron chi connectivity index (χ3n) is 4.82. The van der Waals surface area contributed by atoms with E-state index in [0.717, 1.165) is 24.6 Å². The number of nitrogens with one attached hydrogen (secondary N) is 1. The Kier molecular flexibility index (Phi) is 6.41. The highest BCUT2D eigenvalue weighted by atomic mass is 35.5. The SMILES string of the molecule is NC(=O)c1nn(-c2c(Cl)cccc2Cl)cc1Nc1ccc(C(=O)N2CCSCC2)cc1. The second kappa shape index (κ2) is 9.21. The molecule has 2 aromatic carbocycles. The van der Waals surface area contributed by atoms with Gasteiger partial charge in [0.15, 0.2) is 5.69 Å². The molecule has 7 nitrogen and oxygen atoms in total. The molecule has 2 amide bonds. The van der Waals surface area contributed by atoms with Crippen molar-refractivity contribution in [3.8, 4) is 5.69 Å². The van der Waals surface area contributed by atoms with Crippen LogP contribution in [0.25, 0.3) is 5.69 Å². The number of benzene rings is 2. The van der Waals surface area contributed by atoms with Gasteiger partial charge in [0.05, 0.1) is 21.9 Å². The van der Waals surface area contributed by atoms with E-state index in [0.29, 0.717) is 32.7 Å². The van der Waals surface area contributed by atoms with Crippen LogP contribution in [-0.4, -0.2) is 51.1 Å². The topological polar surface area (TPSA) is 93.2 Å². The molecule has 0 unspecified atom stereocenters. The van der Waals surface area contributed by atoms with Crippen LogP contribution in [0.5, 0.6) is 0 Å². The van der Waals surface area contributed by atoms with E-state index in [1.807, 2.05) is 16.7 Å². The number of nitrogens with two attached hydrogens (primary N) is 1. The quantitative estimate of drug-likeness (QED) is 0.576. The number of aromatic nitrogens is 2. The molecule has 160 valence electrons. The number of thioether (sulfide) groups is 1. The van der Waals surface area contributed by atoms with Crippen LogP contribution >= 0.6 is 35.0 Å². The number of carbonyl (C=O) groups is 2. The summed E-state index contributed by atoms with van der Waals surface area (Å²) in [6, 6.07) is 12.1. The molecular weight excluding hydrogens is 457 g/mol. The third kappa shape index (κ3) is 4.66. The van der Waals surface area contributed by atoms with Crippen LogP contribution in [0.4, 0.5) is 11.4 Å². The van der Waals surface area contributed by atoms with E-state index in [1.54, 1.807) is 48.7 Å². The number of anilines is 2. The predicted octanol–water partition coefficient (Wildman–Crippen LogP) is 4.21. The first kappa shape index (κ1) is 21.5. The highest BCUT2D eigenvalue weighted by Gasteiger charge is 2.20. The zero-order chi connectivity index (χ0) is 22.0. The normalized spacial score (nSPS) is 13.8. The van der Waals surface area contributed by atoms with Crippen LogP contribution < -0.4 is 11.1 Å². The van der Waals surface area contributed by atoms with Crippen molar-refractivity contribution in [2.45, 2.75) is 0 Å². The number of halogens is 2. The van der Waals surface area contributed by atoms with Gasteiger partial charge in [-0.3, -0.25) is 9.59 Å². The van der Waals surface area contributed by atoms with E-state index in [4.69, 9.17) is 28.9 Å². The van der Waals surface area contributed by atoms with Crippen molar-refractivity contribution in [1.29, 1.82) is 0 Å². The van der Waals surface area contributed by atoms with Crippen LogP contribution in [0, 0.1) is 0 Å². The highest BCUT2D eigenvalue weighted by Crippen LogP contribution is 2.30. The zero-order valence-electron chi connectivity index (χ0n) is 16.3. The van der Waals surface area contributed by atoms with Crippen molar-refractivity contribution in [2.75, 3.05) is 29.9 Å². The molecular formula is C21H19Cl2N5O2S. The standard InChI is InChI=1S/C21H19Cl2N5O2S/c22-15-2-1-3-16(23)19(15)28-12-17(18(26-28)20(24)29)25-14-6-4-13(5-7-14)21(30)27-8-10-31-11-9-27/h1-7,12,25H,8-11H2,(H2,24,29). The molecule has 1 fully saturated rings.